The molecule has 1 atom stereocenters. The van der Waals surface area contributed by atoms with Gasteiger partial charge in [-0.05, 0) is 62.2 Å². The summed E-state index contributed by atoms with van der Waals surface area (Å²) >= 11 is 3.57. The zero-order valence-corrected chi connectivity index (χ0v) is 18.1. The van der Waals surface area contributed by atoms with Crippen molar-refractivity contribution >= 4 is 28.0 Å². The largest absolute Gasteiger partial charge is 0.473 e. The van der Waals surface area contributed by atoms with Crippen molar-refractivity contribution in [1.29, 1.82) is 0 Å². The standard InChI is InChI=1S/C21H28BrN3O/c1-7-25(6)13-23-20-12-19(22)21(24-17(20)5)26-16(4)11-18-9-14(2)8-15(3)10-18/h8-10,12-13,16H,7,11H2,1-6H3. The summed E-state index contributed by atoms with van der Waals surface area (Å²) in [6.07, 6.45) is 2.69. The summed E-state index contributed by atoms with van der Waals surface area (Å²) in [5.74, 6) is 0.613. The highest BCUT2D eigenvalue weighted by atomic mass is 79.9. The summed E-state index contributed by atoms with van der Waals surface area (Å²) in [6, 6.07) is 8.57. The lowest BCUT2D eigenvalue weighted by Gasteiger charge is -2.17. The molecular formula is C21H28BrN3O. The Bertz CT molecular complexity index is 769. The van der Waals surface area contributed by atoms with Gasteiger partial charge in [0.05, 0.1) is 22.2 Å². The second kappa shape index (κ2) is 9.17. The van der Waals surface area contributed by atoms with Gasteiger partial charge in [0, 0.05) is 20.0 Å². The van der Waals surface area contributed by atoms with Crippen LogP contribution < -0.4 is 4.74 Å². The highest BCUT2D eigenvalue weighted by Crippen LogP contribution is 2.30. The third-order valence-electron chi connectivity index (χ3n) is 4.12. The van der Waals surface area contributed by atoms with Crippen LogP contribution in [0.5, 0.6) is 5.88 Å². The van der Waals surface area contributed by atoms with E-state index in [-0.39, 0.29) is 6.10 Å². The molecule has 5 heteroatoms. The average Bonchev–Trinajstić information content (AvgIpc) is 2.55. The predicted octanol–water partition coefficient (Wildman–Crippen LogP) is 5.39. The lowest BCUT2D eigenvalue weighted by molar-refractivity contribution is 0.211. The minimum atomic E-state index is 0.0278. The number of pyridine rings is 1. The fourth-order valence-corrected chi connectivity index (χ4v) is 3.15. The fourth-order valence-electron chi connectivity index (χ4n) is 2.76. The molecule has 0 spiro atoms. The third kappa shape index (κ3) is 5.84. The Hall–Kier alpha value is -1.88. The van der Waals surface area contributed by atoms with Gasteiger partial charge in [0.2, 0.25) is 5.88 Å². The van der Waals surface area contributed by atoms with Gasteiger partial charge in [-0.25, -0.2) is 9.98 Å². The minimum absolute atomic E-state index is 0.0278. The van der Waals surface area contributed by atoms with E-state index in [1.54, 1.807) is 0 Å². The first-order valence-corrected chi connectivity index (χ1v) is 9.73. The highest BCUT2D eigenvalue weighted by Gasteiger charge is 2.13. The number of nitrogens with zero attached hydrogens (tertiary/aromatic N) is 3. The molecule has 2 rings (SSSR count). The number of aliphatic imine (C=N–C) groups is 1. The van der Waals surface area contributed by atoms with Crippen LogP contribution >= 0.6 is 15.9 Å². The van der Waals surface area contributed by atoms with Crippen molar-refractivity contribution < 1.29 is 4.74 Å². The molecule has 0 aliphatic carbocycles. The van der Waals surface area contributed by atoms with Crippen LogP contribution in [0, 0.1) is 20.8 Å². The Labute approximate surface area is 165 Å². The number of halogens is 1. The molecule has 1 unspecified atom stereocenters. The number of aryl methyl sites for hydroxylation is 3. The first-order chi connectivity index (χ1) is 12.3. The summed E-state index contributed by atoms with van der Waals surface area (Å²) in [6.45, 7) is 11.3. The quantitative estimate of drug-likeness (QED) is 0.447. The summed E-state index contributed by atoms with van der Waals surface area (Å²) in [7, 11) is 1.99. The lowest BCUT2D eigenvalue weighted by atomic mass is 10.0. The second-order valence-corrected chi connectivity index (χ2v) is 7.68. The first kappa shape index (κ1) is 20.4. The van der Waals surface area contributed by atoms with Crippen molar-refractivity contribution in [3.8, 4) is 5.88 Å². The molecule has 1 aromatic heterocycles. The van der Waals surface area contributed by atoms with Gasteiger partial charge < -0.3 is 9.64 Å². The van der Waals surface area contributed by atoms with E-state index in [0.29, 0.717) is 5.88 Å². The molecule has 0 radical (unpaired) electrons. The summed E-state index contributed by atoms with van der Waals surface area (Å²) in [4.78, 5) is 11.1. The van der Waals surface area contributed by atoms with E-state index >= 15 is 0 Å². The van der Waals surface area contributed by atoms with Crippen LogP contribution in [0.1, 0.15) is 36.2 Å². The first-order valence-electron chi connectivity index (χ1n) is 8.94. The van der Waals surface area contributed by atoms with Gasteiger partial charge in [-0.15, -0.1) is 0 Å². The third-order valence-corrected chi connectivity index (χ3v) is 4.69. The Kier molecular flexibility index (Phi) is 7.21. The molecule has 0 bridgehead atoms. The van der Waals surface area contributed by atoms with Gasteiger partial charge in [0.1, 0.15) is 6.10 Å². The van der Waals surface area contributed by atoms with Gasteiger partial charge in [0.15, 0.2) is 0 Å². The molecule has 2 aromatic rings. The molecule has 1 aromatic carbocycles. The van der Waals surface area contributed by atoms with Gasteiger partial charge in [-0.2, -0.15) is 0 Å². The second-order valence-electron chi connectivity index (χ2n) is 6.83. The summed E-state index contributed by atoms with van der Waals surface area (Å²) in [5, 5.41) is 0. The van der Waals surface area contributed by atoms with E-state index in [4.69, 9.17) is 4.74 Å². The topological polar surface area (TPSA) is 37.7 Å². The summed E-state index contributed by atoms with van der Waals surface area (Å²) in [5.41, 5.74) is 5.53. The summed E-state index contributed by atoms with van der Waals surface area (Å²) < 4.78 is 6.91. The minimum Gasteiger partial charge on any atom is -0.473 e. The SMILES string of the molecule is CCN(C)C=Nc1cc(Br)c(OC(C)Cc2cc(C)cc(C)c2)nc1C. The Morgan fingerprint density at radius 2 is 1.85 bits per heavy atom. The average molecular weight is 418 g/mol. The maximum atomic E-state index is 6.09. The van der Waals surface area contributed by atoms with Crippen molar-refractivity contribution in [2.45, 2.75) is 47.1 Å². The molecular weight excluding hydrogens is 390 g/mol. The molecule has 0 N–H and O–H groups in total. The van der Waals surface area contributed by atoms with Crippen LogP contribution in [0.2, 0.25) is 0 Å². The molecule has 0 saturated heterocycles. The molecule has 0 aliphatic heterocycles. The van der Waals surface area contributed by atoms with Gasteiger partial charge in [-0.1, -0.05) is 29.3 Å². The van der Waals surface area contributed by atoms with Crippen molar-refractivity contribution in [3.63, 3.8) is 0 Å². The highest BCUT2D eigenvalue weighted by molar-refractivity contribution is 9.10. The van der Waals surface area contributed by atoms with Crippen molar-refractivity contribution in [2.75, 3.05) is 13.6 Å². The van der Waals surface area contributed by atoms with E-state index in [1.807, 2.05) is 31.3 Å². The van der Waals surface area contributed by atoms with Crippen LogP contribution in [-0.2, 0) is 6.42 Å². The number of hydrogen-bond acceptors (Lipinski definition) is 3. The Morgan fingerprint density at radius 3 is 2.46 bits per heavy atom. The van der Waals surface area contributed by atoms with E-state index < -0.39 is 0 Å². The van der Waals surface area contributed by atoms with Gasteiger partial charge in [0.25, 0.3) is 0 Å². The van der Waals surface area contributed by atoms with Crippen molar-refractivity contribution in [2.24, 2.45) is 4.99 Å². The van der Waals surface area contributed by atoms with Gasteiger partial charge in [-0.3, -0.25) is 0 Å². The van der Waals surface area contributed by atoms with E-state index in [2.05, 4.69) is 71.8 Å². The molecule has 140 valence electrons. The van der Waals surface area contributed by atoms with Crippen molar-refractivity contribution in [1.82, 2.24) is 9.88 Å². The zero-order chi connectivity index (χ0) is 19.3. The number of benzene rings is 1. The molecule has 4 nitrogen and oxygen atoms in total. The predicted molar refractivity (Wildman–Crippen MR) is 113 cm³/mol. The van der Waals surface area contributed by atoms with Crippen LogP contribution in [0.25, 0.3) is 0 Å². The van der Waals surface area contributed by atoms with E-state index in [0.717, 1.165) is 28.8 Å². The number of hydrogen-bond donors (Lipinski definition) is 0. The van der Waals surface area contributed by atoms with Crippen LogP contribution in [-0.4, -0.2) is 35.9 Å². The molecule has 0 fully saturated rings. The smallest absolute Gasteiger partial charge is 0.228 e. The van der Waals surface area contributed by atoms with Crippen LogP contribution in [0.15, 0.2) is 33.7 Å². The Morgan fingerprint density at radius 1 is 1.19 bits per heavy atom. The number of rotatable bonds is 7. The molecule has 26 heavy (non-hydrogen) atoms. The number of aromatic nitrogens is 1. The van der Waals surface area contributed by atoms with Crippen LogP contribution in [0.3, 0.4) is 0 Å². The Balaban J connectivity index is 2.11. The maximum absolute atomic E-state index is 6.09. The molecule has 1 heterocycles. The van der Waals surface area contributed by atoms with Crippen LogP contribution in [0.4, 0.5) is 5.69 Å². The lowest BCUT2D eigenvalue weighted by Crippen LogP contribution is -2.16. The van der Waals surface area contributed by atoms with Gasteiger partial charge >= 0.3 is 0 Å². The van der Waals surface area contributed by atoms with Crippen molar-refractivity contribution in [3.05, 3.63) is 51.1 Å². The molecule has 0 amide bonds. The van der Waals surface area contributed by atoms with E-state index in [1.165, 1.54) is 16.7 Å². The zero-order valence-electron chi connectivity index (χ0n) is 16.5. The normalized spacial score (nSPS) is 12.4. The monoisotopic (exact) mass is 417 g/mol. The van der Waals surface area contributed by atoms with E-state index in [9.17, 15) is 0 Å². The maximum Gasteiger partial charge on any atom is 0.228 e. The fraction of sp³-hybridized carbons (Fsp3) is 0.429. The number of ether oxygens (including phenoxy) is 1. The molecule has 0 saturated carbocycles. The molecule has 0 aliphatic rings.